The van der Waals surface area contributed by atoms with Crippen LogP contribution in [0.3, 0.4) is 0 Å². The molecule has 19 heavy (non-hydrogen) atoms. The van der Waals surface area contributed by atoms with Gasteiger partial charge in [-0.25, -0.2) is 9.97 Å². The highest BCUT2D eigenvalue weighted by Gasteiger charge is 2.29. The third kappa shape index (κ3) is 4.37. The first-order chi connectivity index (χ1) is 9.20. The SMILES string of the molecule is CCCNc1cc(N(CCC(C)C)C2CC2)ncn1. The van der Waals surface area contributed by atoms with Crippen LogP contribution in [0.5, 0.6) is 0 Å². The van der Waals surface area contributed by atoms with Crippen LogP contribution in [0.1, 0.15) is 46.5 Å². The summed E-state index contributed by atoms with van der Waals surface area (Å²) in [5.74, 6) is 2.76. The van der Waals surface area contributed by atoms with Gasteiger partial charge in [-0.15, -0.1) is 0 Å². The molecule has 4 heteroatoms. The monoisotopic (exact) mass is 262 g/mol. The van der Waals surface area contributed by atoms with E-state index in [4.69, 9.17) is 0 Å². The van der Waals surface area contributed by atoms with E-state index in [9.17, 15) is 0 Å². The molecule has 0 aromatic carbocycles. The van der Waals surface area contributed by atoms with Gasteiger partial charge in [0.05, 0.1) is 0 Å². The highest BCUT2D eigenvalue weighted by molar-refractivity contribution is 5.49. The van der Waals surface area contributed by atoms with Crippen LogP contribution in [0, 0.1) is 5.92 Å². The van der Waals surface area contributed by atoms with Gasteiger partial charge in [0.15, 0.2) is 0 Å². The molecule has 0 saturated heterocycles. The molecule has 1 aliphatic carbocycles. The predicted molar refractivity (Wildman–Crippen MR) is 80.6 cm³/mol. The van der Waals surface area contributed by atoms with Crippen molar-refractivity contribution < 1.29 is 0 Å². The van der Waals surface area contributed by atoms with E-state index in [0.29, 0.717) is 6.04 Å². The molecular formula is C15H26N4. The second-order valence-corrected chi connectivity index (χ2v) is 5.80. The molecule has 1 saturated carbocycles. The molecule has 0 radical (unpaired) electrons. The molecule has 1 N–H and O–H groups in total. The van der Waals surface area contributed by atoms with E-state index in [-0.39, 0.29) is 0 Å². The Labute approximate surface area is 116 Å². The van der Waals surface area contributed by atoms with Crippen molar-refractivity contribution in [2.24, 2.45) is 5.92 Å². The van der Waals surface area contributed by atoms with Crippen LogP contribution in [0.4, 0.5) is 11.6 Å². The van der Waals surface area contributed by atoms with Crippen LogP contribution >= 0.6 is 0 Å². The average Bonchev–Trinajstić information content (AvgIpc) is 3.21. The lowest BCUT2D eigenvalue weighted by atomic mass is 10.1. The zero-order chi connectivity index (χ0) is 13.7. The van der Waals surface area contributed by atoms with E-state index >= 15 is 0 Å². The molecular weight excluding hydrogens is 236 g/mol. The van der Waals surface area contributed by atoms with Gasteiger partial charge in [0, 0.05) is 25.2 Å². The molecule has 1 heterocycles. The zero-order valence-corrected chi connectivity index (χ0v) is 12.4. The summed E-state index contributed by atoms with van der Waals surface area (Å²) in [5.41, 5.74) is 0. The maximum absolute atomic E-state index is 4.46. The van der Waals surface area contributed by atoms with Gasteiger partial charge in [0.2, 0.25) is 0 Å². The predicted octanol–water partition coefficient (Wildman–Crippen LogP) is 3.31. The standard InChI is InChI=1S/C15H26N4/c1-4-8-16-14-10-15(18-11-17-14)19(13-5-6-13)9-7-12(2)3/h10-13H,4-9H2,1-3H3,(H,16,17,18). The fourth-order valence-corrected chi connectivity index (χ4v) is 2.12. The zero-order valence-electron chi connectivity index (χ0n) is 12.4. The Morgan fingerprint density at radius 3 is 2.79 bits per heavy atom. The lowest BCUT2D eigenvalue weighted by Gasteiger charge is -2.24. The Balaban J connectivity index is 2.03. The summed E-state index contributed by atoms with van der Waals surface area (Å²) in [6.45, 7) is 8.78. The molecule has 0 atom stereocenters. The van der Waals surface area contributed by atoms with Crippen LogP contribution in [0.15, 0.2) is 12.4 Å². The number of hydrogen-bond donors (Lipinski definition) is 1. The van der Waals surface area contributed by atoms with Gasteiger partial charge in [-0.05, 0) is 31.6 Å². The van der Waals surface area contributed by atoms with Crippen molar-refractivity contribution in [3.8, 4) is 0 Å². The van der Waals surface area contributed by atoms with Crippen LogP contribution in [-0.4, -0.2) is 29.1 Å². The van der Waals surface area contributed by atoms with E-state index in [1.807, 2.05) is 0 Å². The Kier molecular flexibility index (Phi) is 5.00. The first kappa shape index (κ1) is 14.1. The van der Waals surface area contributed by atoms with Crippen molar-refractivity contribution in [3.05, 3.63) is 12.4 Å². The minimum atomic E-state index is 0.702. The summed E-state index contributed by atoms with van der Waals surface area (Å²) in [7, 11) is 0. The molecule has 0 aliphatic heterocycles. The van der Waals surface area contributed by atoms with Gasteiger partial charge in [0.25, 0.3) is 0 Å². The molecule has 0 unspecified atom stereocenters. The first-order valence-electron chi connectivity index (χ1n) is 7.53. The summed E-state index contributed by atoms with van der Waals surface area (Å²) < 4.78 is 0. The molecule has 0 spiro atoms. The smallest absolute Gasteiger partial charge is 0.134 e. The van der Waals surface area contributed by atoms with E-state index in [1.165, 1.54) is 19.3 Å². The fourth-order valence-electron chi connectivity index (χ4n) is 2.12. The van der Waals surface area contributed by atoms with Gasteiger partial charge in [0.1, 0.15) is 18.0 Å². The molecule has 106 valence electrons. The first-order valence-corrected chi connectivity index (χ1v) is 7.53. The molecule has 2 rings (SSSR count). The highest BCUT2D eigenvalue weighted by atomic mass is 15.2. The average molecular weight is 262 g/mol. The number of rotatable bonds is 8. The third-order valence-electron chi connectivity index (χ3n) is 3.44. The van der Waals surface area contributed by atoms with Crippen LogP contribution in [0.2, 0.25) is 0 Å². The van der Waals surface area contributed by atoms with E-state index in [1.54, 1.807) is 6.33 Å². The lowest BCUT2D eigenvalue weighted by Crippen LogP contribution is -2.28. The summed E-state index contributed by atoms with van der Waals surface area (Å²) in [4.78, 5) is 11.2. The molecule has 0 bridgehead atoms. The second-order valence-electron chi connectivity index (χ2n) is 5.80. The van der Waals surface area contributed by atoms with Crippen LogP contribution in [-0.2, 0) is 0 Å². The Morgan fingerprint density at radius 2 is 2.16 bits per heavy atom. The normalized spacial score (nSPS) is 14.7. The molecule has 1 aliphatic rings. The summed E-state index contributed by atoms with van der Waals surface area (Å²) >= 11 is 0. The Bertz CT molecular complexity index is 387. The highest BCUT2D eigenvalue weighted by Crippen LogP contribution is 2.31. The fraction of sp³-hybridized carbons (Fsp3) is 0.733. The number of nitrogens with one attached hydrogen (secondary N) is 1. The quantitative estimate of drug-likeness (QED) is 0.780. The summed E-state index contributed by atoms with van der Waals surface area (Å²) in [6.07, 6.45) is 6.62. The molecule has 1 aromatic heterocycles. The Morgan fingerprint density at radius 1 is 1.37 bits per heavy atom. The number of hydrogen-bond acceptors (Lipinski definition) is 4. The summed E-state index contributed by atoms with van der Waals surface area (Å²) in [5, 5.41) is 3.34. The minimum Gasteiger partial charge on any atom is -0.370 e. The van der Waals surface area contributed by atoms with Gasteiger partial charge >= 0.3 is 0 Å². The summed E-state index contributed by atoms with van der Waals surface area (Å²) in [6, 6.07) is 2.79. The van der Waals surface area contributed by atoms with Crippen molar-refractivity contribution in [2.75, 3.05) is 23.3 Å². The van der Waals surface area contributed by atoms with Crippen LogP contribution < -0.4 is 10.2 Å². The van der Waals surface area contributed by atoms with E-state index < -0.39 is 0 Å². The maximum atomic E-state index is 4.46. The minimum absolute atomic E-state index is 0.702. The van der Waals surface area contributed by atoms with Crippen molar-refractivity contribution in [3.63, 3.8) is 0 Å². The maximum Gasteiger partial charge on any atom is 0.134 e. The molecule has 0 amide bonds. The topological polar surface area (TPSA) is 41.0 Å². The van der Waals surface area contributed by atoms with Gasteiger partial charge in [-0.2, -0.15) is 0 Å². The van der Waals surface area contributed by atoms with Gasteiger partial charge in [-0.3, -0.25) is 0 Å². The van der Waals surface area contributed by atoms with Crippen LogP contribution in [0.25, 0.3) is 0 Å². The van der Waals surface area contributed by atoms with Crippen molar-refractivity contribution in [1.29, 1.82) is 0 Å². The molecule has 4 nitrogen and oxygen atoms in total. The number of aromatic nitrogens is 2. The van der Waals surface area contributed by atoms with Crippen molar-refractivity contribution in [1.82, 2.24) is 9.97 Å². The van der Waals surface area contributed by atoms with E-state index in [0.717, 1.165) is 37.1 Å². The molecule has 1 fully saturated rings. The number of anilines is 2. The largest absolute Gasteiger partial charge is 0.370 e. The van der Waals surface area contributed by atoms with Crippen molar-refractivity contribution >= 4 is 11.6 Å². The Hall–Kier alpha value is -1.32. The number of nitrogens with zero attached hydrogens (tertiary/aromatic N) is 3. The third-order valence-corrected chi connectivity index (χ3v) is 3.44. The van der Waals surface area contributed by atoms with Gasteiger partial charge in [-0.1, -0.05) is 20.8 Å². The second kappa shape index (κ2) is 6.73. The van der Waals surface area contributed by atoms with E-state index in [2.05, 4.69) is 47.0 Å². The molecule has 1 aromatic rings. The van der Waals surface area contributed by atoms with Gasteiger partial charge < -0.3 is 10.2 Å². The van der Waals surface area contributed by atoms with Crippen molar-refractivity contribution in [2.45, 2.75) is 52.5 Å². The lowest BCUT2D eigenvalue weighted by molar-refractivity contribution is 0.568.